The number of halogens is 3. The first-order chi connectivity index (χ1) is 12.4. The van der Waals surface area contributed by atoms with E-state index >= 15 is 0 Å². The Kier molecular flexibility index (Phi) is 6.53. The molecule has 2 aromatic carbocycles. The Balaban J connectivity index is 2.09. The number of hydrogen-bond acceptors (Lipinski definition) is 5. The summed E-state index contributed by atoms with van der Waals surface area (Å²) in [7, 11) is 1.35. The molecule has 5 nitrogen and oxygen atoms in total. The van der Waals surface area contributed by atoms with E-state index in [1.54, 1.807) is 0 Å². The molecule has 134 valence electrons. The number of carbonyl (C=O) groups excluding carboxylic acids is 1. The second-order valence-corrected chi connectivity index (χ2v) is 5.21. The van der Waals surface area contributed by atoms with E-state index in [-0.39, 0.29) is 27.8 Å². The Labute approximate surface area is 153 Å². The maximum atomic E-state index is 12.1. The van der Waals surface area contributed by atoms with Crippen molar-refractivity contribution in [2.24, 2.45) is 0 Å². The van der Waals surface area contributed by atoms with E-state index in [1.807, 2.05) is 6.07 Å². The molecule has 0 aromatic heterocycles. The highest BCUT2D eigenvalue weighted by molar-refractivity contribution is 6.32. The van der Waals surface area contributed by atoms with Gasteiger partial charge in [-0.05, 0) is 29.8 Å². The summed E-state index contributed by atoms with van der Waals surface area (Å²) in [6, 6.07) is 10.3. The largest absolute Gasteiger partial charge is 0.493 e. The van der Waals surface area contributed by atoms with Gasteiger partial charge in [-0.2, -0.15) is 14.0 Å². The molecule has 2 aromatic rings. The fourth-order valence-electron chi connectivity index (χ4n) is 1.94. The average Bonchev–Trinajstić information content (AvgIpc) is 2.62. The molecule has 0 heterocycles. The number of rotatable bonds is 6. The van der Waals surface area contributed by atoms with Crippen molar-refractivity contribution in [3.63, 3.8) is 0 Å². The van der Waals surface area contributed by atoms with Gasteiger partial charge in [-0.25, -0.2) is 4.79 Å². The normalized spacial score (nSPS) is 10.6. The Morgan fingerprint density at radius 1 is 1.27 bits per heavy atom. The smallest absolute Gasteiger partial charge is 0.387 e. The molecule has 0 aliphatic rings. The molecule has 0 atom stereocenters. The van der Waals surface area contributed by atoms with Crippen molar-refractivity contribution in [2.45, 2.75) is 6.61 Å². The summed E-state index contributed by atoms with van der Waals surface area (Å²) >= 11 is 6.00. The molecule has 0 saturated carbocycles. The highest BCUT2D eigenvalue weighted by Crippen LogP contribution is 2.36. The zero-order valence-electron chi connectivity index (χ0n) is 13.4. The van der Waals surface area contributed by atoms with Gasteiger partial charge in [0.2, 0.25) is 0 Å². The number of ether oxygens (including phenoxy) is 3. The van der Waals surface area contributed by atoms with E-state index in [2.05, 4.69) is 4.74 Å². The zero-order chi connectivity index (χ0) is 19.1. The van der Waals surface area contributed by atoms with Gasteiger partial charge in [0.05, 0.1) is 23.8 Å². The second-order valence-electron chi connectivity index (χ2n) is 4.80. The van der Waals surface area contributed by atoms with Crippen LogP contribution in [0.5, 0.6) is 17.2 Å². The van der Waals surface area contributed by atoms with Crippen LogP contribution in [0.3, 0.4) is 0 Å². The minimum atomic E-state index is -2.90. The molecule has 0 unspecified atom stereocenters. The van der Waals surface area contributed by atoms with Crippen molar-refractivity contribution in [3.05, 3.63) is 58.6 Å². The van der Waals surface area contributed by atoms with E-state index in [0.717, 1.165) is 6.08 Å². The van der Waals surface area contributed by atoms with E-state index in [4.69, 9.17) is 26.3 Å². The second kappa shape index (κ2) is 8.83. The summed E-state index contributed by atoms with van der Waals surface area (Å²) < 4.78 is 38.6. The quantitative estimate of drug-likeness (QED) is 0.421. The van der Waals surface area contributed by atoms with Crippen LogP contribution < -0.4 is 14.2 Å². The summed E-state index contributed by atoms with van der Waals surface area (Å²) in [4.78, 5) is 12.0. The molecular formula is C18H12ClF2NO4. The van der Waals surface area contributed by atoms with Crippen LogP contribution >= 0.6 is 11.6 Å². The Bertz CT molecular complexity index is 861. The lowest BCUT2D eigenvalue weighted by Crippen LogP contribution is -2.06. The molecule has 26 heavy (non-hydrogen) atoms. The van der Waals surface area contributed by atoms with Gasteiger partial charge < -0.3 is 14.2 Å². The van der Waals surface area contributed by atoms with Gasteiger partial charge in [-0.15, -0.1) is 0 Å². The first kappa shape index (κ1) is 19.2. The molecule has 0 aliphatic carbocycles. The lowest BCUT2D eigenvalue weighted by molar-refractivity contribution is -0.129. The molecule has 0 radical (unpaired) electrons. The van der Waals surface area contributed by atoms with E-state index in [1.165, 1.54) is 49.6 Å². The molecule has 8 heteroatoms. The molecule has 0 spiro atoms. The lowest BCUT2D eigenvalue weighted by Gasteiger charge is -2.10. The van der Waals surface area contributed by atoms with Gasteiger partial charge in [0.25, 0.3) is 0 Å². The van der Waals surface area contributed by atoms with Crippen molar-refractivity contribution in [2.75, 3.05) is 7.11 Å². The van der Waals surface area contributed by atoms with Crippen LogP contribution in [0.4, 0.5) is 8.78 Å². The predicted molar refractivity (Wildman–Crippen MR) is 90.5 cm³/mol. The number of alkyl halides is 2. The highest BCUT2D eigenvalue weighted by Gasteiger charge is 2.14. The number of esters is 1. The van der Waals surface area contributed by atoms with Crippen LogP contribution in [-0.4, -0.2) is 19.7 Å². The minimum Gasteiger partial charge on any atom is -0.493 e. The summed E-state index contributed by atoms with van der Waals surface area (Å²) in [5.74, 6) is -0.593. The number of hydrogen-bond donors (Lipinski definition) is 0. The van der Waals surface area contributed by atoms with Gasteiger partial charge in [-0.3, -0.25) is 0 Å². The first-order valence-corrected chi connectivity index (χ1v) is 7.53. The fraction of sp³-hybridized carbons (Fsp3) is 0.111. The third-order valence-corrected chi connectivity index (χ3v) is 3.36. The fourth-order valence-corrected chi connectivity index (χ4v) is 2.19. The van der Waals surface area contributed by atoms with Crippen LogP contribution in [0.25, 0.3) is 6.08 Å². The summed E-state index contributed by atoms with van der Waals surface area (Å²) in [5, 5.41) is 8.95. The van der Waals surface area contributed by atoms with Crippen molar-refractivity contribution < 1.29 is 27.8 Å². The van der Waals surface area contributed by atoms with Gasteiger partial charge >= 0.3 is 12.6 Å². The molecule has 0 saturated heterocycles. The number of nitriles is 1. The average molecular weight is 380 g/mol. The number of nitrogens with zero attached hydrogens (tertiary/aromatic N) is 1. The van der Waals surface area contributed by atoms with Crippen molar-refractivity contribution in [1.29, 1.82) is 5.26 Å². The topological polar surface area (TPSA) is 68.5 Å². The lowest BCUT2D eigenvalue weighted by atomic mass is 10.2. The van der Waals surface area contributed by atoms with Crippen LogP contribution in [-0.2, 0) is 4.79 Å². The van der Waals surface area contributed by atoms with Crippen molar-refractivity contribution in [3.8, 4) is 23.3 Å². The van der Waals surface area contributed by atoms with Crippen LogP contribution in [0, 0.1) is 11.3 Å². The van der Waals surface area contributed by atoms with Gasteiger partial charge in [-0.1, -0.05) is 23.7 Å². The van der Waals surface area contributed by atoms with E-state index in [0.29, 0.717) is 5.56 Å². The molecule has 0 bridgehead atoms. The molecular weight excluding hydrogens is 368 g/mol. The van der Waals surface area contributed by atoms with Crippen LogP contribution in [0.2, 0.25) is 5.02 Å². The minimum absolute atomic E-state index is 0.00817. The first-order valence-electron chi connectivity index (χ1n) is 7.15. The van der Waals surface area contributed by atoms with Crippen LogP contribution in [0.15, 0.2) is 42.5 Å². The van der Waals surface area contributed by atoms with Crippen molar-refractivity contribution >= 4 is 23.6 Å². The third-order valence-electron chi connectivity index (χ3n) is 3.08. The Morgan fingerprint density at radius 3 is 2.54 bits per heavy atom. The molecule has 0 amide bonds. The SMILES string of the molecule is COc1cc(C#N)cc(Cl)c1OC(=O)/C=C/c1ccc(OC(F)F)cc1. The predicted octanol–water partition coefficient (Wildman–Crippen LogP) is 4.44. The van der Waals surface area contributed by atoms with Crippen molar-refractivity contribution in [1.82, 2.24) is 0 Å². The standard InChI is InChI=1S/C18H12ClF2NO4/c1-24-15-9-12(10-22)8-14(19)17(15)26-16(23)7-4-11-2-5-13(6-3-11)25-18(20)21/h2-9,18H,1H3/b7-4+. The van der Waals surface area contributed by atoms with Crippen LogP contribution in [0.1, 0.15) is 11.1 Å². The molecule has 2 rings (SSSR count). The molecule has 0 N–H and O–H groups in total. The third kappa shape index (κ3) is 5.19. The maximum Gasteiger partial charge on any atom is 0.387 e. The van der Waals surface area contributed by atoms with Gasteiger partial charge in [0.1, 0.15) is 5.75 Å². The number of carbonyl (C=O) groups is 1. The summed E-state index contributed by atoms with van der Waals surface area (Å²) in [6.45, 7) is -2.90. The monoisotopic (exact) mass is 379 g/mol. The highest BCUT2D eigenvalue weighted by atomic mass is 35.5. The molecule has 0 fully saturated rings. The number of benzene rings is 2. The Hall–Kier alpha value is -3.11. The van der Waals surface area contributed by atoms with Gasteiger partial charge in [0.15, 0.2) is 11.5 Å². The number of methoxy groups -OCH3 is 1. The zero-order valence-corrected chi connectivity index (χ0v) is 14.2. The van der Waals surface area contributed by atoms with Gasteiger partial charge in [0, 0.05) is 12.1 Å². The van der Waals surface area contributed by atoms with E-state index < -0.39 is 12.6 Å². The summed E-state index contributed by atoms with van der Waals surface area (Å²) in [5.41, 5.74) is 0.828. The Morgan fingerprint density at radius 2 is 1.96 bits per heavy atom. The maximum absolute atomic E-state index is 12.1. The summed E-state index contributed by atoms with van der Waals surface area (Å²) in [6.07, 6.45) is 2.56. The molecule has 0 aliphatic heterocycles. The van der Waals surface area contributed by atoms with E-state index in [9.17, 15) is 13.6 Å².